The van der Waals surface area contributed by atoms with Crippen LogP contribution in [0.25, 0.3) is 0 Å². The van der Waals surface area contributed by atoms with Gasteiger partial charge in [0.1, 0.15) is 0 Å². The number of hydrogen-bond acceptors (Lipinski definition) is 0. The maximum atomic E-state index is 3.31. The summed E-state index contributed by atoms with van der Waals surface area (Å²) in [6.45, 7) is 5.31. The van der Waals surface area contributed by atoms with E-state index in [2.05, 4.69) is 18.8 Å². The van der Waals surface area contributed by atoms with Gasteiger partial charge in [0.2, 0.25) is 0 Å². The van der Waals surface area contributed by atoms with Gasteiger partial charge in [0.25, 0.3) is 0 Å². The van der Waals surface area contributed by atoms with Crippen LogP contribution in [0.3, 0.4) is 0 Å². The molecule has 0 aromatic rings. The van der Waals surface area contributed by atoms with Crippen LogP contribution in [0.5, 0.6) is 0 Å². The largest absolute Gasteiger partial charge is 2.00 e. The van der Waals surface area contributed by atoms with E-state index in [1.54, 1.807) is 0 Å². The topological polar surface area (TPSA) is 0 Å². The first-order valence-corrected chi connectivity index (χ1v) is 1.66. The van der Waals surface area contributed by atoms with Gasteiger partial charge in [-0.05, 0) is 0 Å². The molecule has 36 valence electrons. The maximum absolute atomic E-state index is 3.31. The third-order valence-electron chi connectivity index (χ3n) is 0.302. The van der Waals surface area contributed by atoms with Gasteiger partial charge in [-0.3, -0.25) is 5.92 Å². The number of rotatable bonds is 0. The molecule has 0 rings (SSSR count). The maximum Gasteiger partial charge on any atom is 2.00 e. The van der Waals surface area contributed by atoms with E-state index in [1.165, 1.54) is 0 Å². The molecular formula is C5H7BaCl. The zero-order valence-electron chi connectivity index (χ0n) is 4.50. The van der Waals surface area contributed by atoms with Gasteiger partial charge in [-0.1, -0.05) is 13.3 Å². The smallest absolute Gasteiger partial charge is 1.00 e. The summed E-state index contributed by atoms with van der Waals surface area (Å²) >= 11 is 0. The molecule has 0 bridgehead atoms. The van der Waals surface area contributed by atoms with Crippen molar-refractivity contribution < 1.29 is 12.4 Å². The Balaban J connectivity index is -0.0000000800. The number of hydrogen-bond donors (Lipinski definition) is 0. The summed E-state index contributed by atoms with van der Waals surface area (Å²) in [5.74, 6) is 5.27. The van der Waals surface area contributed by atoms with E-state index in [0.29, 0.717) is 0 Å². The van der Waals surface area contributed by atoms with Crippen LogP contribution in [0.4, 0.5) is 0 Å². The van der Waals surface area contributed by atoms with Crippen LogP contribution >= 0.6 is 0 Å². The van der Waals surface area contributed by atoms with E-state index >= 15 is 0 Å². The first-order valence-electron chi connectivity index (χ1n) is 1.66. The van der Waals surface area contributed by atoms with Gasteiger partial charge in [0.05, 0.1) is 0 Å². The molecule has 0 aromatic carbocycles. The summed E-state index contributed by atoms with van der Waals surface area (Å²) < 4.78 is 0. The van der Waals surface area contributed by atoms with Crippen LogP contribution in [0.1, 0.15) is 13.3 Å². The second kappa shape index (κ2) is 15.7. The third kappa shape index (κ3) is 18.8. The van der Waals surface area contributed by atoms with E-state index in [0.717, 1.165) is 6.42 Å². The van der Waals surface area contributed by atoms with Crippen molar-refractivity contribution >= 4 is 48.9 Å². The second-order valence-corrected chi connectivity index (χ2v) is 0.707. The van der Waals surface area contributed by atoms with E-state index in [4.69, 9.17) is 0 Å². The Bertz CT molecular complexity index is 60.2. The Morgan fingerprint density at radius 3 is 2.00 bits per heavy atom. The van der Waals surface area contributed by atoms with Crippen molar-refractivity contribution in [1.29, 1.82) is 0 Å². The predicted molar refractivity (Wildman–Crippen MR) is 29.2 cm³/mol. The van der Waals surface area contributed by atoms with Crippen molar-refractivity contribution in [3.8, 4) is 11.8 Å². The molecule has 0 atom stereocenters. The van der Waals surface area contributed by atoms with E-state index in [9.17, 15) is 0 Å². The fourth-order valence-corrected chi connectivity index (χ4v) is 0.125. The monoisotopic (exact) mass is 240 g/mol. The van der Waals surface area contributed by atoms with Crippen molar-refractivity contribution in [2.24, 2.45) is 0 Å². The molecule has 2 heteroatoms. The molecule has 0 aliphatic rings. The Labute approximate surface area is 91.9 Å². The second-order valence-electron chi connectivity index (χ2n) is 0.707. The van der Waals surface area contributed by atoms with Crippen LogP contribution in [0.15, 0.2) is 0 Å². The third-order valence-corrected chi connectivity index (χ3v) is 0.302. The Morgan fingerprint density at radius 2 is 2.00 bits per heavy atom. The van der Waals surface area contributed by atoms with Crippen molar-refractivity contribution in [2.75, 3.05) is 0 Å². The zero-order valence-corrected chi connectivity index (χ0v) is 9.70. The first-order chi connectivity index (χ1) is 2.41. The molecule has 7 heavy (non-hydrogen) atoms. The van der Waals surface area contributed by atoms with Crippen molar-refractivity contribution in [2.45, 2.75) is 13.3 Å². The first kappa shape index (κ1) is 15.7. The summed E-state index contributed by atoms with van der Waals surface area (Å²) in [7, 11) is 0. The van der Waals surface area contributed by atoms with Crippen LogP contribution in [-0.4, -0.2) is 48.9 Å². The van der Waals surface area contributed by atoms with E-state index in [-0.39, 0.29) is 61.3 Å². The zero-order chi connectivity index (χ0) is 4.12. The van der Waals surface area contributed by atoms with Crippen molar-refractivity contribution in [3.05, 3.63) is 6.92 Å². The molecule has 0 amide bonds. The molecule has 0 nitrogen and oxygen atoms in total. The van der Waals surface area contributed by atoms with Gasteiger partial charge < -0.3 is 18.3 Å². The summed E-state index contributed by atoms with van der Waals surface area (Å²) in [6, 6.07) is 0. The minimum Gasteiger partial charge on any atom is -1.00 e. The van der Waals surface area contributed by atoms with E-state index in [1.807, 2.05) is 6.92 Å². The molecule has 0 spiro atoms. The fourth-order valence-electron chi connectivity index (χ4n) is 0.125. The van der Waals surface area contributed by atoms with Gasteiger partial charge >= 0.3 is 48.9 Å². The average Bonchev–Trinajstić information content (AvgIpc) is 1.41. The molecule has 0 N–H and O–H groups in total. The van der Waals surface area contributed by atoms with Gasteiger partial charge in [0, 0.05) is 0 Å². The molecule has 0 heterocycles. The Morgan fingerprint density at radius 1 is 1.57 bits per heavy atom. The van der Waals surface area contributed by atoms with Crippen LogP contribution in [0.2, 0.25) is 0 Å². The van der Waals surface area contributed by atoms with Crippen LogP contribution < -0.4 is 12.4 Å². The molecular weight excluding hydrogens is 233 g/mol. The quantitative estimate of drug-likeness (QED) is 0.257. The Kier molecular flexibility index (Phi) is 35.2. The predicted octanol–water partition coefficient (Wildman–Crippen LogP) is -2.14. The fraction of sp³-hybridized carbons (Fsp3) is 0.400. The summed E-state index contributed by atoms with van der Waals surface area (Å²) in [4.78, 5) is 0. The standard InChI is InChI=1S/C5H7.Ba.ClH/c1-3-5-4-2;;/h1,4H2,2H3;;1H/q-1;+2;/p-1. The molecule has 0 radical (unpaired) electrons. The Hall–Kier alpha value is 1.29. The van der Waals surface area contributed by atoms with Gasteiger partial charge in [-0.15, -0.1) is 0 Å². The molecule has 0 saturated heterocycles. The summed E-state index contributed by atoms with van der Waals surface area (Å²) in [6.07, 6.45) is 0.920. The minimum atomic E-state index is 0. The van der Waals surface area contributed by atoms with Gasteiger partial charge in [-0.25, -0.2) is 0 Å². The van der Waals surface area contributed by atoms with Gasteiger partial charge in [-0.2, -0.15) is 6.92 Å². The van der Waals surface area contributed by atoms with E-state index < -0.39 is 0 Å². The van der Waals surface area contributed by atoms with Crippen LogP contribution in [0, 0.1) is 18.8 Å². The molecule has 0 aromatic heterocycles. The average molecular weight is 240 g/mol. The van der Waals surface area contributed by atoms with Crippen molar-refractivity contribution in [3.63, 3.8) is 0 Å². The summed E-state index contributed by atoms with van der Waals surface area (Å²) in [5.41, 5.74) is 0. The van der Waals surface area contributed by atoms with Crippen molar-refractivity contribution in [1.82, 2.24) is 0 Å². The SMILES string of the molecule is [Ba+2].[CH2-]C#CCC.[Cl-]. The summed E-state index contributed by atoms with van der Waals surface area (Å²) in [5, 5.41) is 0. The number of halogens is 1. The normalized spacial score (nSPS) is 3.57. The van der Waals surface area contributed by atoms with Gasteiger partial charge in [0.15, 0.2) is 0 Å². The molecule has 0 aliphatic heterocycles. The molecule has 0 aliphatic carbocycles. The molecule has 0 unspecified atom stereocenters. The minimum absolute atomic E-state index is 0. The molecule has 0 fully saturated rings. The van der Waals surface area contributed by atoms with Crippen LogP contribution in [-0.2, 0) is 0 Å². The molecule has 0 saturated carbocycles.